The van der Waals surface area contributed by atoms with Gasteiger partial charge in [-0.15, -0.1) is 0 Å². The maximum atomic E-state index is 12.2. The van der Waals surface area contributed by atoms with Gasteiger partial charge in [-0.1, -0.05) is 6.07 Å². The third kappa shape index (κ3) is 2.86. The number of rotatable bonds is 3. The average molecular weight is 419 g/mol. The highest BCUT2D eigenvalue weighted by atomic mass is 79.9. The van der Waals surface area contributed by atoms with E-state index in [1.807, 2.05) is 18.2 Å². The average Bonchev–Trinajstić information content (AvgIpc) is 3.25. The quantitative estimate of drug-likeness (QED) is 0.819. The van der Waals surface area contributed by atoms with Crippen LogP contribution in [0.25, 0.3) is 0 Å². The number of carbonyl (C=O) groups excluding carboxylic acids is 1. The Morgan fingerprint density at radius 3 is 2.57 bits per heavy atom. The lowest BCUT2D eigenvalue weighted by atomic mass is 9.97. The van der Waals surface area contributed by atoms with Gasteiger partial charge in [-0.2, -0.15) is 0 Å². The highest BCUT2D eigenvalue weighted by molar-refractivity contribution is 9.13. The molecule has 21 heavy (non-hydrogen) atoms. The van der Waals surface area contributed by atoms with Crippen molar-refractivity contribution in [1.29, 1.82) is 0 Å². The van der Waals surface area contributed by atoms with E-state index in [4.69, 9.17) is 4.74 Å². The SMILES string of the molecule is O=C(O)C1OCC(=O)N(C2CC2)C1c1ccc(Br)c(Br)c1. The van der Waals surface area contributed by atoms with Crippen molar-refractivity contribution in [3.63, 3.8) is 0 Å². The summed E-state index contributed by atoms with van der Waals surface area (Å²) in [5.41, 5.74) is 0.762. The van der Waals surface area contributed by atoms with Crippen LogP contribution in [0.1, 0.15) is 24.4 Å². The molecule has 2 aliphatic rings. The Bertz CT molecular complexity index is 603. The Morgan fingerprint density at radius 1 is 1.29 bits per heavy atom. The van der Waals surface area contributed by atoms with Gasteiger partial charge in [0.15, 0.2) is 6.10 Å². The number of nitrogens with zero attached hydrogens (tertiary/aromatic N) is 1. The highest BCUT2D eigenvalue weighted by Crippen LogP contribution is 2.40. The van der Waals surface area contributed by atoms with Crippen molar-refractivity contribution in [3.05, 3.63) is 32.7 Å². The lowest BCUT2D eigenvalue weighted by molar-refractivity contribution is -0.174. The molecule has 2 atom stereocenters. The van der Waals surface area contributed by atoms with E-state index in [0.29, 0.717) is 0 Å². The van der Waals surface area contributed by atoms with E-state index in [0.717, 1.165) is 27.4 Å². The molecule has 2 fully saturated rings. The first-order valence-electron chi connectivity index (χ1n) is 6.59. The second-order valence-corrected chi connectivity index (χ2v) is 6.93. The second-order valence-electron chi connectivity index (χ2n) is 5.22. The van der Waals surface area contributed by atoms with Crippen molar-refractivity contribution in [2.24, 2.45) is 0 Å². The van der Waals surface area contributed by atoms with Crippen molar-refractivity contribution >= 4 is 43.7 Å². The summed E-state index contributed by atoms with van der Waals surface area (Å²) in [4.78, 5) is 25.4. The van der Waals surface area contributed by atoms with Crippen molar-refractivity contribution in [3.8, 4) is 0 Å². The molecule has 2 unspecified atom stereocenters. The van der Waals surface area contributed by atoms with Gasteiger partial charge in [-0.05, 0) is 62.4 Å². The molecule has 1 saturated heterocycles. The van der Waals surface area contributed by atoms with Gasteiger partial charge in [0.2, 0.25) is 5.91 Å². The molecule has 1 saturated carbocycles. The van der Waals surface area contributed by atoms with E-state index in [9.17, 15) is 14.7 Å². The van der Waals surface area contributed by atoms with Crippen LogP contribution in [0.5, 0.6) is 0 Å². The molecule has 0 aromatic heterocycles. The van der Waals surface area contributed by atoms with Gasteiger partial charge in [-0.25, -0.2) is 4.79 Å². The summed E-state index contributed by atoms with van der Waals surface area (Å²) in [5.74, 6) is -1.18. The Balaban J connectivity index is 2.03. The van der Waals surface area contributed by atoms with Gasteiger partial charge < -0.3 is 14.7 Å². The number of carboxylic acids is 1. The Morgan fingerprint density at radius 2 is 2.00 bits per heavy atom. The molecule has 1 heterocycles. The zero-order valence-corrected chi connectivity index (χ0v) is 14.1. The molecule has 112 valence electrons. The van der Waals surface area contributed by atoms with Gasteiger partial charge in [0, 0.05) is 15.0 Å². The molecule has 7 heteroatoms. The van der Waals surface area contributed by atoms with Gasteiger partial charge >= 0.3 is 5.97 Å². The van der Waals surface area contributed by atoms with E-state index in [1.54, 1.807) is 4.90 Å². The minimum absolute atomic E-state index is 0.135. The minimum atomic E-state index is -1.04. The number of aliphatic carboxylic acids is 1. The largest absolute Gasteiger partial charge is 0.479 e. The van der Waals surface area contributed by atoms with Crippen LogP contribution in [-0.2, 0) is 14.3 Å². The van der Waals surface area contributed by atoms with Crippen LogP contribution < -0.4 is 0 Å². The molecule has 1 aliphatic heterocycles. The van der Waals surface area contributed by atoms with Crippen LogP contribution in [0.2, 0.25) is 0 Å². The maximum absolute atomic E-state index is 12.2. The van der Waals surface area contributed by atoms with Crippen LogP contribution in [-0.4, -0.2) is 40.6 Å². The summed E-state index contributed by atoms with van der Waals surface area (Å²) >= 11 is 6.81. The van der Waals surface area contributed by atoms with Crippen LogP contribution in [0.15, 0.2) is 27.1 Å². The Labute approximate surface area is 138 Å². The summed E-state index contributed by atoms with van der Waals surface area (Å²) in [6.07, 6.45) is 0.815. The van der Waals surface area contributed by atoms with E-state index >= 15 is 0 Å². The number of hydrogen-bond acceptors (Lipinski definition) is 3. The van der Waals surface area contributed by atoms with Crippen molar-refractivity contribution < 1.29 is 19.4 Å². The number of carboxylic acid groups (broad SMARTS) is 1. The number of benzene rings is 1. The number of halogens is 2. The third-order valence-corrected chi connectivity index (χ3v) is 5.61. The molecular weight excluding hydrogens is 406 g/mol. The predicted molar refractivity (Wildman–Crippen MR) is 81.8 cm³/mol. The zero-order valence-electron chi connectivity index (χ0n) is 11.0. The summed E-state index contributed by atoms with van der Waals surface area (Å²) < 4.78 is 6.97. The van der Waals surface area contributed by atoms with Gasteiger partial charge in [0.05, 0.1) is 6.04 Å². The molecule has 5 nitrogen and oxygen atoms in total. The second kappa shape index (κ2) is 5.70. The molecule has 0 spiro atoms. The molecule has 1 aliphatic carbocycles. The molecule has 3 rings (SSSR count). The van der Waals surface area contributed by atoms with Crippen molar-refractivity contribution in [1.82, 2.24) is 4.90 Å². The lowest BCUT2D eigenvalue weighted by Crippen LogP contribution is -2.52. The smallest absolute Gasteiger partial charge is 0.335 e. The predicted octanol–water partition coefficient (Wildman–Crippen LogP) is 2.73. The standard InChI is InChI=1S/C14H13Br2NO4/c15-9-4-1-7(5-10(9)16)12-13(14(19)20)21-6-11(18)17(12)8-2-3-8/h1,4-5,8,12-13H,2-3,6H2,(H,19,20). The molecule has 1 N–H and O–H groups in total. The molecule has 1 aromatic carbocycles. The minimum Gasteiger partial charge on any atom is -0.479 e. The molecule has 0 radical (unpaired) electrons. The summed E-state index contributed by atoms with van der Waals surface area (Å²) in [5, 5.41) is 9.42. The molecule has 1 amide bonds. The molecular formula is C14H13Br2NO4. The summed E-state index contributed by atoms with van der Waals surface area (Å²) in [6.45, 7) is -0.165. The van der Waals surface area contributed by atoms with Crippen LogP contribution >= 0.6 is 31.9 Å². The van der Waals surface area contributed by atoms with Crippen LogP contribution in [0.3, 0.4) is 0 Å². The highest BCUT2D eigenvalue weighted by Gasteiger charge is 2.47. The first-order chi connectivity index (χ1) is 9.99. The lowest BCUT2D eigenvalue weighted by Gasteiger charge is -2.39. The summed E-state index contributed by atoms with van der Waals surface area (Å²) in [7, 11) is 0. The van der Waals surface area contributed by atoms with Crippen LogP contribution in [0, 0.1) is 0 Å². The number of hydrogen-bond donors (Lipinski definition) is 1. The van der Waals surface area contributed by atoms with E-state index in [-0.39, 0.29) is 18.6 Å². The van der Waals surface area contributed by atoms with Crippen molar-refractivity contribution in [2.45, 2.75) is 31.0 Å². The number of carbonyl (C=O) groups is 2. The van der Waals surface area contributed by atoms with Crippen molar-refractivity contribution in [2.75, 3.05) is 6.61 Å². The normalized spacial score (nSPS) is 26.0. The van der Waals surface area contributed by atoms with Gasteiger partial charge in [0.1, 0.15) is 6.61 Å². The van der Waals surface area contributed by atoms with Crippen LogP contribution in [0.4, 0.5) is 0 Å². The summed E-state index contributed by atoms with van der Waals surface area (Å²) in [6, 6.07) is 5.05. The fourth-order valence-corrected chi connectivity index (χ4v) is 3.29. The fourth-order valence-electron chi connectivity index (χ4n) is 2.65. The fraction of sp³-hybridized carbons (Fsp3) is 0.429. The maximum Gasteiger partial charge on any atom is 0.335 e. The van der Waals surface area contributed by atoms with Gasteiger partial charge in [0.25, 0.3) is 0 Å². The number of morpholine rings is 1. The number of amides is 1. The monoisotopic (exact) mass is 417 g/mol. The first kappa shape index (κ1) is 15.0. The first-order valence-corrected chi connectivity index (χ1v) is 8.18. The molecule has 0 bridgehead atoms. The molecule has 1 aromatic rings. The van der Waals surface area contributed by atoms with E-state index in [2.05, 4.69) is 31.9 Å². The Kier molecular flexibility index (Phi) is 4.07. The van der Waals surface area contributed by atoms with E-state index in [1.165, 1.54) is 0 Å². The van der Waals surface area contributed by atoms with Gasteiger partial charge in [-0.3, -0.25) is 4.79 Å². The topological polar surface area (TPSA) is 66.8 Å². The van der Waals surface area contributed by atoms with E-state index < -0.39 is 18.1 Å². The number of ether oxygens (including phenoxy) is 1. The zero-order chi connectivity index (χ0) is 15.1. The Hall–Kier alpha value is -0.920. The third-order valence-electron chi connectivity index (χ3n) is 3.73.